The molecule has 0 amide bonds. The van der Waals surface area contributed by atoms with E-state index < -0.39 is 17.3 Å². The number of carbonyl (C=O) groups is 2. The molecule has 1 N–H and O–H groups in total. The average Bonchev–Trinajstić information content (AvgIpc) is 2.69. The van der Waals surface area contributed by atoms with Crippen molar-refractivity contribution in [3.8, 4) is 5.69 Å². The second-order valence-electron chi connectivity index (χ2n) is 3.58. The Hall–Kier alpha value is -2.57. The van der Waals surface area contributed by atoms with E-state index in [1.165, 1.54) is 12.4 Å². The monoisotopic (exact) mass is 249 g/mol. The van der Waals surface area contributed by atoms with Gasteiger partial charge in [-0.3, -0.25) is 9.78 Å². The van der Waals surface area contributed by atoms with Crippen molar-refractivity contribution in [2.75, 3.05) is 0 Å². The number of hydrogen-bond acceptors (Lipinski definition) is 4. The van der Waals surface area contributed by atoms with E-state index in [1.54, 1.807) is 6.92 Å². The van der Waals surface area contributed by atoms with Gasteiger partial charge in [0.25, 0.3) is 0 Å². The number of hydrogen-bond donors (Lipinski definition) is 1. The molecule has 0 aliphatic carbocycles. The van der Waals surface area contributed by atoms with Gasteiger partial charge in [0.1, 0.15) is 16.9 Å². The number of aldehydes is 1. The molecular formula is C11H8FN3O3. The number of nitrogens with zero attached hydrogens (tertiary/aromatic N) is 3. The van der Waals surface area contributed by atoms with E-state index in [9.17, 15) is 14.0 Å². The Morgan fingerprint density at radius 2 is 2.22 bits per heavy atom. The van der Waals surface area contributed by atoms with Gasteiger partial charge in [-0.05, 0) is 12.5 Å². The highest BCUT2D eigenvalue weighted by atomic mass is 19.1. The molecule has 7 heteroatoms. The molecule has 6 nitrogen and oxygen atoms in total. The van der Waals surface area contributed by atoms with Crippen molar-refractivity contribution in [3.63, 3.8) is 0 Å². The van der Waals surface area contributed by atoms with Crippen LogP contribution in [0.1, 0.15) is 26.4 Å². The van der Waals surface area contributed by atoms with Crippen LogP contribution in [0.25, 0.3) is 5.69 Å². The number of carbonyl (C=O) groups excluding carboxylic acids is 1. The summed E-state index contributed by atoms with van der Waals surface area (Å²) in [6.07, 6.45) is 3.96. The summed E-state index contributed by atoms with van der Waals surface area (Å²) in [7, 11) is 0. The molecule has 0 spiro atoms. The van der Waals surface area contributed by atoms with Gasteiger partial charge in [0, 0.05) is 6.20 Å². The summed E-state index contributed by atoms with van der Waals surface area (Å²) < 4.78 is 14.5. The number of aryl methyl sites for hydroxylation is 1. The molecule has 0 radical (unpaired) electrons. The predicted octanol–water partition coefficient (Wildman–Crippen LogP) is 1.23. The van der Waals surface area contributed by atoms with Crippen molar-refractivity contribution in [2.24, 2.45) is 0 Å². The van der Waals surface area contributed by atoms with Gasteiger partial charge in [0.05, 0.1) is 12.4 Å². The molecule has 2 heterocycles. The molecule has 2 aromatic rings. The van der Waals surface area contributed by atoms with Gasteiger partial charge in [-0.15, -0.1) is 0 Å². The Morgan fingerprint density at radius 1 is 1.50 bits per heavy atom. The molecule has 0 bridgehead atoms. The molecule has 0 saturated carbocycles. The fourth-order valence-electron chi connectivity index (χ4n) is 1.52. The number of rotatable bonds is 3. The normalized spacial score (nSPS) is 10.3. The number of aromatic nitrogens is 3. The Kier molecular flexibility index (Phi) is 2.88. The van der Waals surface area contributed by atoms with E-state index in [0.717, 1.165) is 10.9 Å². The molecule has 92 valence electrons. The van der Waals surface area contributed by atoms with Crippen LogP contribution in [0.3, 0.4) is 0 Å². The third-order valence-electron chi connectivity index (χ3n) is 2.39. The van der Waals surface area contributed by atoms with E-state index in [4.69, 9.17) is 5.11 Å². The smallest absolute Gasteiger partial charge is 0.341 e. The van der Waals surface area contributed by atoms with Gasteiger partial charge >= 0.3 is 5.97 Å². The Morgan fingerprint density at radius 3 is 2.78 bits per heavy atom. The molecule has 18 heavy (non-hydrogen) atoms. The van der Waals surface area contributed by atoms with Crippen LogP contribution in [0.2, 0.25) is 0 Å². The Labute approximate surface area is 101 Å². The largest absolute Gasteiger partial charge is 0.478 e. The van der Waals surface area contributed by atoms with Gasteiger partial charge in [0.15, 0.2) is 12.1 Å². The maximum absolute atomic E-state index is 13.4. The molecule has 0 aliphatic rings. The molecule has 0 unspecified atom stereocenters. The van der Waals surface area contributed by atoms with Crippen molar-refractivity contribution in [1.29, 1.82) is 0 Å². The van der Waals surface area contributed by atoms with E-state index in [-0.39, 0.29) is 11.4 Å². The maximum atomic E-state index is 13.4. The molecule has 0 aromatic carbocycles. The van der Waals surface area contributed by atoms with E-state index >= 15 is 0 Å². The fourth-order valence-corrected chi connectivity index (χ4v) is 1.52. The van der Waals surface area contributed by atoms with Gasteiger partial charge in [-0.2, -0.15) is 5.10 Å². The standard InChI is InChI=1S/C11H8FN3O3/c1-6-4-15(14-8(6)5-16)9-3-13-2-7(12)10(9)11(17)18/h2-5H,1H3,(H,17,18). The Bertz CT molecular complexity index is 636. The van der Waals surface area contributed by atoms with Crippen LogP contribution in [0.4, 0.5) is 4.39 Å². The zero-order valence-corrected chi connectivity index (χ0v) is 9.29. The van der Waals surface area contributed by atoms with Crippen molar-refractivity contribution >= 4 is 12.3 Å². The lowest BCUT2D eigenvalue weighted by Crippen LogP contribution is -2.09. The second-order valence-corrected chi connectivity index (χ2v) is 3.58. The number of pyridine rings is 1. The minimum absolute atomic E-state index is 0.0290. The first-order chi connectivity index (χ1) is 8.54. The van der Waals surface area contributed by atoms with Crippen LogP contribution in [0.15, 0.2) is 18.6 Å². The quantitative estimate of drug-likeness (QED) is 0.827. The van der Waals surface area contributed by atoms with Gasteiger partial charge in [0.2, 0.25) is 0 Å². The summed E-state index contributed by atoms with van der Waals surface area (Å²) >= 11 is 0. The second kappa shape index (κ2) is 4.36. The number of halogens is 1. The van der Waals surface area contributed by atoms with Crippen LogP contribution in [-0.2, 0) is 0 Å². The van der Waals surface area contributed by atoms with Gasteiger partial charge in [-0.25, -0.2) is 13.9 Å². The summed E-state index contributed by atoms with van der Waals surface area (Å²) in [5.41, 5.74) is 0.157. The SMILES string of the molecule is Cc1cn(-c2cncc(F)c2C(=O)O)nc1C=O. The zero-order valence-electron chi connectivity index (χ0n) is 9.29. The lowest BCUT2D eigenvalue weighted by Gasteiger charge is -2.05. The minimum Gasteiger partial charge on any atom is -0.478 e. The average molecular weight is 249 g/mol. The van der Waals surface area contributed by atoms with Crippen molar-refractivity contribution in [3.05, 3.63) is 41.2 Å². The van der Waals surface area contributed by atoms with Crippen LogP contribution in [0.5, 0.6) is 0 Å². The first-order valence-electron chi connectivity index (χ1n) is 4.93. The zero-order chi connectivity index (χ0) is 13.3. The maximum Gasteiger partial charge on any atom is 0.341 e. The number of carboxylic acids is 1. The van der Waals surface area contributed by atoms with Crippen molar-refractivity contribution in [1.82, 2.24) is 14.8 Å². The Balaban J connectivity index is 2.66. The van der Waals surface area contributed by atoms with Crippen LogP contribution in [0, 0.1) is 12.7 Å². The molecule has 0 fully saturated rings. The minimum atomic E-state index is -1.43. The molecule has 0 saturated heterocycles. The fraction of sp³-hybridized carbons (Fsp3) is 0.0909. The summed E-state index contributed by atoms with van der Waals surface area (Å²) in [5, 5.41) is 12.8. The summed E-state index contributed by atoms with van der Waals surface area (Å²) in [4.78, 5) is 25.3. The van der Waals surface area contributed by atoms with E-state index in [0.29, 0.717) is 11.8 Å². The highest BCUT2D eigenvalue weighted by Gasteiger charge is 2.19. The van der Waals surface area contributed by atoms with Crippen molar-refractivity contribution < 1.29 is 19.1 Å². The predicted molar refractivity (Wildman–Crippen MR) is 58.4 cm³/mol. The third kappa shape index (κ3) is 1.86. The molecule has 2 aromatic heterocycles. The lowest BCUT2D eigenvalue weighted by molar-refractivity contribution is 0.0691. The first-order valence-corrected chi connectivity index (χ1v) is 4.93. The summed E-state index contributed by atoms with van der Waals surface area (Å²) in [6.45, 7) is 1.64. The lowest BCUT2D eigenvalue weighted by atomic mass is 10.2. The van der Waals surface area contributed by atoms with Crippen LogP contribution >= 0.6 is 0 Å². The third-order valence-corrected chi connectivity index (χ3v) is 2.39. The van der Waals surface area contributed by atoms with E-state index in [2.05, 4.69) is 10.1 Å². The van der Waals surface area contributed by atoms with Gasteiger partial charge < -0.3 is 5.11 Å². The highest BCUT2D eigenvalue weighted by Crippen LogP contribution is 2.17. The molecular weight excluding hydrogens is 241 g/mol. The highest BCUT2D eigenvalue weighted by molar-refractivity contribution is 5.92. The van der Waals surface area contributed by atoms with E-state index in [1.807, 2.05) is 0 Å². The molecule has 0 atom stereocenters. The first kappa shape index (κ1) is 11.9. The van der Waals surface area contributed by atoms with Crippen LogP contribution < -0.4 is 0 Å². The number of carboxylic acid groups (broad SMARTS) is 1. The summed E-state index contributed by atoms with van der Waals surface area (Å²) in [6, 6.07) is 0. The molecule has 0 aliphatic heterocycles. The number of aromatic carboxylic acids is 1. The van der Waals surface area contributed by atoms with Gasteiger partial charge in [-0.1, -0.05) is 0 Å². The molecule has 2 rings (SSSR count). The topological polar surface area (TPSA) is 85.1 Å². The summed E-state index contributed by atoms with van der Waals surface area (Å²) in [5.74, 6) is -2.38. The van der Waals surface area contributed by atoms with Crippen molar-refractivity contribution in [2.45, 2.75) is 6.92 Å². The van der Waals surface area contributed by atoms with Crippen LogP contribution in [-0.4, -0.2) is 32.1 Å².